The molecule has 10 heteroatoms. The van der Waals surface area contributed by atoms with Gasteiger partial charge in [0.1, 0.15) is 16.5 Å². The summed E-state index contributed by atoms with van der Waals surface area (Å²) in [7, 11) is 0. The fraction of sp³-hybridized carbons (Fsp3) is 0.350. The third-order valence-electron chi connectivity index (χ3n) is 4.96. The van der Waals surface area contributed by atoms with Gasteiger partial charge in [0.15, 0.2) is 0 Å². The van der Waals surface area contributed by atoms with Crippen molar-refractivity contribution in [3.63, 3.8) is 0 Å². The number of nitrogens with zero attached hydrogens (tertiary/aromatic N) is 4. The molecule has 2 aromatic heterocycles. The summed E-state index contributed by atoms with van der Waals surface area (Å²) in [6.07, 6.45) is 5.19. The number of hydrogen-bond donors (Lipinski definition) is 3. The number of thiazole rings is 1. The van der Waals surface area contributed by atoms with Crippen LogP contribution in [-0.2, 0) is 6.54 Å². The molecule has 4 N–H and O–H groups in total. The Labute approximate surface area is 177 Å². The molecule has 8 nitrogen and oxygen atoms in total. The van der Waals surface area contributed by atoms with Gasteiger partial charge in [-0.05, 0) is 25.0 Å². The van der Waals surface area contributed by atoms with E-state index in [4.69, 9.17) is 10.8 Å². The van der Waals surface area contributed by atoms with Crippen molar-refractivity contribution < 1.29 is 14.3 Å². The summed E-state index contributed by atoms with van der Waals surface area (Å²) in [5, 5.41) is 18.3. The van der Waals surface area contributed by atoms with Gasteiger partial charge in [0.25, 0.3) is 5.91 Å². The number of amides is 1. The van der Waals surface area contributed by atoms with Crippen molar-refractivity contribution in [1.82, 2.24) is 14.8 Å². The largest absolute Gasteiger partial charge is 0.394 e. The van der Waals surface area contributed by atoms with Gasteiger partial charge in [-0.2, -0.15) is 5.10 Å². The van der Waals surface area contributed by atoms with Gasteiger partial charge in [-0.1, -0.05) is 6.07 Å². The number of nitrogens with one attached hydrogen (secondary N) is 1. The van der Waals surface area contributed by atoms with E-state index < -0.39 is 11.7 Å². The van der Waals surface area contributed by atoms with Gasteiger partial charge in [0.2, 0.25) is 0 Å². The molecule has 3 aromatic rings. The van der Waals surface area contributed by atoms with Crippen LogP contribution in [0.4, 0.5) is 15.8 Å². The molecular weight excluding hydrogens is 407 g/mol. The van der Waals surface area contributed by atoms with E-state index in [2.05, 4.69) is 15.4 Å². The normalized spacial score (nSPS) is 16.6. The molecule has 1 atom stereocenters. The summed E-state index contributed by atoms with van der Waals surface area (Å²) < 4.78 is 16.2. The number of nitrogens with two attached hydrogens (primary N) is 1. The van der Waals surface area contributed by atoms with E-state index in [1.807, 2.05) is 4.90 Å². The van der Waals surface area contributed by atoms with Gasteiger partial charge in [-0.15, -0.1) is 11.3 Å². The number of benzene rings is 1. The van der Waals surface area contributed by atoms with Crippen LogP contribution in [-0.4, -0.2) is 51.5 Å². The second kappa shape index (κ2) is 8.90. The number of para-hydroxylation sites is 1. The zero-order valence-electron chi connectivity index (χ0n) is 16.3. The van der Waals surface area contributed by atoms with Crippen LogP contribution >= 0.6 is 11.3 Å². The number of anilines is 2. The Morgan fingerprint density at radius 1 is 1.43 bits per heavy atom. The lowest BCUT2D eigenvalue weighted by atomic mass is 10.1. The lowest BCUT2D eigenvalue weighted by Crippen LogP contribution is -2.43. The molecule has 1 amide bonds. The zero-order chi connectivity index (χ0) is 21.1. The lowest BCUT2D eigenvalue weighted by Gasteiger charge is -2.34. The summed E-state index contributed by atoms with van der Waals surface area (Å²) in [6, 6.07) is 4.62. The number of aromatic nitrogens is 3. The molecule has 0 radical (unpaired) electrons. The average molecular weight is 431 g/mol. The third-order valence-corrected chi connectivity index (χ3v) is 5.85. The maximum absolute atomic E-state index is 14.6. The number of carbonyl (C=O) groups excluding carboxylic acids is 1. The molecule has 158 valence electrons. The first-order valence-corrected chi connectivity index (χ1v) is 10.6. The van der Waals surface area contributed by atoms with E-state index in [9.17, 15) is 9.18 Å². The number of aliphatic hydroxyl groups excluding tert-OH is 1. The highest BCUT2D eigenvalue weighted by Gasteiger charge is 2.23. The van der Waals surface area contributed by atoms with Crippen molar-refractivity contribution in [2.75, 3.05) is 29.9 Å². The van der Waals surface area contributed by atoms with E-state index in [1.165, 1.54) is 17.4 Å². The van der Waals surface area contributed by atoms with Gasteiger partial charge in [-0.25, -0.2) is 9.37 Å². The predicted octanol–water partition coefficient (Wildman–Crippen LogP) is 2.32. The zero-order valence-corrected chi connectivity index (χ0v) is 17.1. The number of aliphatic hydroxyl groups is 1. The summed E-state index contributed by atoms with van der Waals surface area (Å²) in [5.41, 5.74) is 7.83. The second-order valence-electron chi connectivity index (χ2n) is 7.19. The van der Waals surface area contributed by atoms with Crippen LogP contribution in [0.1, 0.15) is 23.3 Å². The van der Waals surface area contributed by atoms with E-state index in [0.717, 1.165) is 18.4 Å². The van der Waals surface area contributed by atoms with E-state index >= 15 is 0 Å². The van der Waals surface area contributed by atoms with Crippen LogP contribution in [0.3, 0.4) is 0 Å². The standard InChI is InChI=1S/C20H23FN6O2S/c21-15-4-1-5-16(18(15)26-6-2-3-14(22)11-26)24-19(29)17-12-30-20(25-17)13-9-23-27(10-13)7-8-28/h1,4-5,9-10,12,14,28H,2-3,6-8,11,22H2,(H,24,29)/t14-/m1/s1. The Morgan fingerprint density at radius 2 is 2.30 bits per heavy atom. The lowest BCUT2D eigenvalue weighted by molar-refractivity contribution is 0.102. The molecule has 0 saturated carbocycles. The molecule has 1 aromatic carbocycles. The maximum Gasteiger partial charge on any atom is 0.275 e. The summed E-state index contributed by atoms with van der Waals surface area (Å²) in [6.45, 7) is 1.62. The number of hydrogen-bond acceptors (Lipinski definition) is 7. The average Bonchev–Trinajstić information content (AvgIpc) is 3.38. The molecule has 30 heavy (non-hydrogen) atoms. The minimum Gasteiger partial charge on any atom is -0.394 e. The van der Waals surface area contributed by atoms with Gasteiger partial charge < -0.3 is 21.1 Å². The highest BCUT2D eigenvalue weighted by atomic mass is 32.1. The van der Waals surface area contributed by atoms with Crippen LogP contribution in [0.15, 0.2) is 36.0 Å². The molecule has 0 aliphatic carbocycles. The Balaban J connectivity index is 1.53. The maximum atomic E-state index is 14.6. The van der Waals surface area contributed by atoms with Crippen LogP contribution in [0.25, 0.3) is 10.6 Å². The first-order valence-electron chi connectivity index (χ1n) is 9.74. The van der Waals surface area contributed by atoms with Crippen molar-refractivity contribution in [2.24, 2.45) is 5.73 Å². The topological polar surface area (TPSA) is 109 Å². The molecule has 1 aliphatic rings. The van der Waals surface area contributed by atoms with Gasteiger partial charge in [-0.3, -0.25) is 9.48 Å². The van der Waals surface area contributed by atoms with E-state index in [1.54, 1.807) is 34.6 Å². The van der Waals surface area contributed by atoms with Crippen LogP contribution < -0.4 is 16.0 Å². The number of carbonyl (C=O) groups is 1. The van der Waals surface area contributed by atoms with Crippen molar-refractivity contribution in [3.8, 4) is 10.6 Å². The Morgan fingerprint density at radius 3 is 3.10 bits per heavy atom. The smallest absolute Gasteiger partial charge is 0.275 e. The minimum atomic E-state index is -0.409. The number of rotatable bonds is 6. The second-order valence-corrected chi connectivity index (χ2v) is 8.05. The van der Waals surface area contributed by atoms with Crippen molar-refractivity contribution >= 4 is 28.6 Å². The van der Waals surface area contributed by atoms with Crippen molar-refractivity contribution in [1.29, 1.82) is 0 Å². The van der Waals surface area contributed by atoms with Crippen LogP contribution in [0, 0.1) is 5.82 Å². The summed E-state index contributed by atoms with van der Waals surface area (Å²) >= 11 is 1.32. The van der Waals surface area contributed by atoms with E-state index in [0.29, 0.717) is 36.0 Å². The van der Waals surface area contributed by atoms with Crippen LogP contribution in [0.2, 0.25) is 0 Å². The van der Waals surface area contributed by atoms with Gasteiger partial charge >= 0.3 is 0 Å². The van der Waals surface area contributed by atoms with E-state index in [-0.39, 0.29) is 18.3 Å². The summed E-state index contributed by atoms with van der Waals surface area (Å²) in [5.74, 6) is -0.800. The highest BCUT2D eigenvalue weighted by molar-refractivity contribution is 7.13. The Bertz CT molecular complexity index is 1040. The fourth-order valence-electron chi connectivity index (χ4n) is 3.55. The SMILES string of the molecule is N[C@@H]1CCCN(c2c(F)cccc2NC(=O)c2csc(-c3cnn(CCO)c3)n2)C1. The molecule has 1 saturated heterocycles. The Kier molecular flexibility index (Phi) is 6.07. The molecule has 3 heterocycles. The highest BCUT2D eigenvalue weighted by Crippen LogP contribution is 2.32. The van der Waals surface area contributed by atoms with Gasteiger partial charge in [0, 0.05) is 36.3 Å². The fourth-order valence-corrected chi connectivity index (χ4v) is 4.32. The number of halogens is 1. The number of piperidine rings is 1. The quantitative estimate of drug-likeness (QED) is 0.554. The molecule has 4 rings (SSSR count). The van der Waals surface area contributed by atoms with Gasteiger partial charge in [0.05, 0.1) is 30.7 Å². The molecule has 1 fully saturated rings. The van der Waals surface area contributed by atoms with Crippen molar-refractivity contribution in [3.05, 3.63) is 47.5 Å². The molecule has 0 spiro atoms. The molecular formula is C20H23FN6O2S. The molecule has 1 aliphatic heterocycles. The third kappa shape index (κ3) is 4.35. The predicted molar refractivity (Wildman–Crippen MR) is 114 cm³/mol. The van der Waals surface area contributed by atoms with Crippen LogP contribution in [0.5, 0.6) is 0 Å². The Hall–Kier alpha value is -2.82. The van der Waals surface area contributed by atoms with Crippen molar-refractivity contribution in [2.45, 2.75) is 25.4 Å². The summed E-state index contributed by atoms with van der Waals surface area (Å²) in [4.78, 5) is 19.1. The monoisotopic (exact) mass is 430 g/mol. The molecule has 0 unspecified atom stereocenters. The molecule has 0 bridgehead atoms. The minimum absolute atomic E-state index is 0.00939. The first-order chi connectivity index (χ1) is 14.5. The first kappa shape index (κ1) is 20.5.